The van der Waals surface area contributed by atoms with Gasteiger partial charge in [-0.25, -0.2) is 0 Å². The van der Waals surface area contributed by atoms with E-state index in [4.69, 9.17) is 0 Å². The molecule has 0 radical (unpaired) electrons. The fourth-order valence-electron chi connectivity index (χ4n) is 1.93. The Balaban J connectivity index is 2.21. The molecule has 1 fully saturated rings. The van der Waals surface area contributed by atoms with Crippen LogP contribution in [0.1, 0.15) is 52.9 Å². The van der Waals surface area contributed by atoms with Crippen LogP contribution in [0.4, 0.5) is 0 Å². The minimum Gasteiger partial charge on any atom is -0.0856 e. The summed E-state index contributed by atoms with van der Waals surface area (Å²) in [5.74, 6) is 0.940. The maximum Gasteiger partial charge on any atom is -0.0294 e. The Morgan fingerprint density at radius 2 is 2.15 bits per heavy atom. The molecular weight excluding hydrogens is 156 g/mol. The van der Waals surface area contributed by atoms with Gasteiger partial charge in [-0.2, -0.15) is 0 Å². The normalized spacial score (nSPS) is 25.2. The first-order chi connectivity index (χ1) is 6.18. The van der Waals surface area contributed by atoms with Crippen molar-refractivity contribution in [3.8, 4) is 0 Å². The minimum absolute atomic E-state index is 0.940. The second-order valence-electron chi connectivity index (χ2n) is 4.57. The molecule has 1 unspecified atom stereocenters. The van der Waals surface area contributed by atoms with E-state index in [1.54, 1.807) is 5.57 Å². The highest BCUT2D eigenvalue weighted by Gasteiger charge is 2.13. The summed E-state index contributed by atoms with van der Waals surface area (Å²) in [4.78, 5) is 0. The van der Waals surface area contributed by atoms with Crippen LogP contribution in [0, 0.1) is 5.92 Å². The molecule has 1 rings (SSSR count). The zero-order chi connectivity index (χ0) is 9.68. The largest absolute Gasteiger partial charge is 0.0856 e. The van der Waals surface area contributed by atoms with E-state index < -0.39 is 0 Å². The van der Waals surface area contributed by atoms with Gasteiger partial charge >= 0.3 is 0 Å². The molecule has 0 N–H and O–H groups in total. The SMILES string of the molecule is CC(C)=CCCC=C1CCC(C)C1. The van der Waals surface area contributed by atoms with Crippen molar-refractivity contribution in [2.75, 3.05) is 0 Å². The van der Waals surface area contributed by atoms with Crippen LogP contribution in [0.3, 0.4) is 0 Å². The molecule has 0 nitrogen and oxygen atoms in total. The lowest BCUT2D eigenvalue weighted by Crippen LogP contribution is -1.80. The van der Waals surface area contributed by atoms with Crippen molar-refractivity contribution in [1.82, 2.24) is 0 Å². The van der Waals surface area contributed by atoms with Crippen molar-refractivity contribution in [2.45, 2.75) is 52.9 Å². The van der Waals surface area contributed by atoms with Gasteiger partial charge in [-0.3, -0.25) is 0 Å². The van der Waals surface area contributed by atoms with Crippen LogP contribution < -0.4 is 0 Å². The highest BCUT2D eigenvalue weighted by atomic mass is 14.2. The number of hydrogen-bond acceptors (Lipinski definition) is 0. The molecule has 0 saturated heterocycles. The Morgan fingerprint density at radius 3 is 2.69 bits per heavy atom. The van der Waals surface area contributed by atoms with Gasteiger partial charge in [0.15, 0.2) is 0 Å². The molecule has 0 bridgehead atoms. The summed E-state index contributed by atoms with van der Waals surface area (Å²) >= 11 is 0. The van der Waals surface area contributed by atoms with Gasteiger partial charge in [0, 0.05) is 0 Å². The maximum atomic E-state index is 2.46. The highest BCUT2D eigenvalue weighted by Crippen LogP contribution is 2.29. The van der Waals surface area contributed by atoms with Crippen LogP contribution >= 0.6 is 0 Å². The van der Waals surface area contributed by atoms with E-state index in [1.165, 1.54) is 37.7 Å². The monoisotopic (exact) mass is 178 g/mol. The van der Waals surface area contributed by atoms with Gasteiger partial charge in [-0.05, 0) is 51.9 Å². The van der Waals surface area contributed by atoms with Crippen molar-refractivity contribution >= 4 is 0 Å². The molecule has 0 aromatic carbocycles. The summed E-state index contributed by atoms with van der Waals surface area (Å²) in [6, 6.07) is 0. The van der Waals surface area contributed by atoms with Gasteiger partial charge in [-0.1, -0.05) is 30.2 Å². The van der Waals surface area contributed by atoms with Gasteiger partial charge < -0.3 is 0 Å². The summed E-state index contributed by atoms with van der Waals surface area (Å²) in [5, 5.41) is 0. The van der Waals surface area contributed by atoms with E-state index in [2.05, 4.69) is 32.9 Å². The lowest BCUT2D eigenvalue weighted by Gasteiger charge is -1.96. The Bertz CT molecular complexity index is 204. The predicted octanol–water partition coefficient (Wildman–Crippen LogP) is 4.48. The van der Waals surface area contributed by atoms with Gasteiger partial charge in [0.1, 0.15) is 0 Å². The lowest BCUT2D eigenvalue weighted by atomic mass is 10.1. The summed E-state index contributed by atoms with van der Waals surface area (Å²) in [6.07, 6.45) is 11.4. The first-order valence-electron chi connectivity index (χ1n) is 5.49. The van der Waals surface area contributed by atoms with Crippen molar-refractivity contribution in [3.05, 3.63) is 23.3 Å². The number of hydrogen-bond donors (Lipinski definition) is 0. The topological polar surface area (TPSA) is 0 Å². The molecule has 1 atom stereocenters. The molecule has 0 aromatic heterocycles. The Hall–Kier alpha value is -0.520. The Morgan fingerprint density at radius 1 is 1.38 bits per heavy atom. The highest BCUT2D eigenvalue weighted by molar-refractivity contribution is 5.08. The molecular formula is C13H22. The molecule has 1 aliphatic carbocycles. The number of rotatable bonds is 3. The molecule has 0 aliphatic heterocycles. The average Bonchev–Trinajstić information content (AvgIpc) is 2.45. The molecule has 0 amide bonds. The summed E-state index contributed by atoms with van der Waals surface area (Å²) in [6.45, 7) is 6.70. The van der Waals surface area contributed by atoms with Crippen LogP contribution in [0.2, 0.25) is 0 Å². The van der Waals surface area contributed by atoms with Crippen LogP contribution in [-0.2, 0) is 0 Å². The standard InChI is InChI=1S/C13H22/c1-11(2)6-4-5-7-13-9-8-12(3)10-13/h6-7,12H,4-5,8-10H2,1-3H3. The second kappa shape index (κ2) is 5.26. The van der Waals surface area contributed by atoms with Gasteiger partial charge in [0.2, 0.25) is 0 Å². The van der Waals surface area contributed by atoms with Crippen LogP contribution in [-0.4, -0.2) is 0 Å². The molecule has 1 saturated carbocycles. The zero-order valence-corrected chi connectivity index (χ0v) is 9.27. The van der Waals surface area contributed by atoms with E-state index in [9.17, 15) is 0 Å². The van der Waals surface area contributed by atoms with E-state index in [0.29, 0.717) is 0 Å². The van der Waals surface area contributed by atoms with Gasteiger partial charge in [0.05, 0.1) is 0 Å². The summed E-state index contributed by atoms with van der Waals surface area (Å²) < 4.78 is 0. The predicted molar refractivity (Wildman–Crippen MR) is 59.8 cm³/mol. The molecule has 0 heterocycles. The van der Waals surface area contributed by atoms with Crippen molar-refractivity contribution in [3.63, 3.8) is 0 Å². The fraction of sp³-hybridized carbons (Fsp3) is 0.692. The molecule has 0 heteroatoms. The third-order valence-corrected chi connectivity index (χ3v) is 2.72. The minimum atomic E-state index is 0.940. The molecule has 74 valence electrons. The first-order valence-corrected chi connectivity index (χ1v) is 5.49. The lowest BCUT2D eigenvalue weighted by molar-refractivity contribution is 0.620. The quantitative estimate of drug-likeness (QED) is 0.441. The molecule has 13 heavy (non-hydrogen) atoms. The maximum absolute atomic E-state index is 2.46. The van der Waals surface area contributed by atoms with E-state index in [0.717, 1.165) is 5.92 Å². The van der Waals surface area contributed by atoms with Gasteiger partial charge in [0.25, 0.3) is 0 Å². The van der Waals surface area contributed by atoms with Crippen LogP contribution in [0.5, 0.6) is 0 Å². The Kier molecular flexibility index (Phi) is 4.27. The summed E-state index contributed by atoms with van der Waals surface area (Å²) in [5.41, 5.74) is 3.15. The third-order valence-electron chi connectivity index (χ3n) is 2.72. The van der Waals surface area contributed by atoms with E-state index in [-0.39, 0.29) is 0 Å². The number of allylic oxidation sites excluding steroid dienone is 4. The molecule has 1 aliphatic rings. The smallest absolute Gasteiger partial charge is 0.0294 e. The number of unbranched alkanes of at least 4 members (excludes halogenated alkanes) is 1. The summed E-state index contributed by atoms with van der Waals surface area (Å²) in [7, 11) is 0. The van der Waals surface area contributed by atoms with E-state index >= 15 is 0 Å². The second-order valence-corrected chi connectivity index (χ2v) is 4.57. The third kappa shape index (κ3) is 4.31. The van der Waals surface area contributed by atoms with Crippen LogP contribution in [0.15, 0.2) is 23.3 Å². The van der Waals surface area contributed by atoms with Crippen molar-refractivity contribution in [2.24, 2.45) is 5.92 Å². The zero-order valence-electron chi connectivity index (χ0n) is 9.27. The van der Waals surface area contributed by atoms with Crippen molar-refractivity contribution in [1.29, 1.82) is 0 Å². The molecule has 0 aromatic rings. The Labute approximate surface area is 82.7 Å². The average molecular weight is 178 g/mol. The van der Waals surface area contributed by atoms with Crippen LogP contribution in [0.25, 0.3) is 0 Å². The van der Waals surface area contributed by atoms with Crippen molar-refractivity contribution < 1.29 is 0 Å². The fourth-order valence-corrected chi connectivity index (χ4v) is 1.93. The van der Waals surface area contributed by atoms with Gasteiger partial charge in [-0.15, -0.1) is 0 Å². The first kappa shape index (κ1) is 10.6. The van der Waals surface area contributed by atoms with E-state index in [1.807, 2.05) is 0 Å². The molecule has 0 spiro atoms.